The number of methoxy groups -OCH3 is 1. The Morgan fingerprint density at radius 3 is 2.70 bits per heavy atom. The van der Waals surface area contributed by atoms with E-state index in [1.807, 2.05) is 24.3 Å². The molecule has 3 rings (SSSR count). The number of para-hydroxylation sites is 2. The second-order valence-corrected chi connectivity index (χ2v) is 6.10. The van der Waals surface area contributed by atoms with Gasteiger partial charge in [0.2, 0.25) is 0 Å². The molecule has 0 aromatic heterocycles. The van der Waals surface area contributed by atoms with E-state index in [0.717, 1.165) is 18.8 Å². The number of hydrogen-bond acceptors (Lipinski definition) is 6. The van der Waals surface area contributed by atoms with Crippen LogP contribution in [0, 0.1) is 10.1 Å². The quantitative estimate of drug-likeness (QED) is 0.620. The molecule has 1 aliphatic rings. The first-order chi connectivity index (χ1) is 13.1. The van der Waals surface area contributed by atoms with Gasteiger partial charge in [-0.25, -0.2) is 0 Å². The summed E-state index contributed by atoms with van der Waals surface area (Å²) in [5.74, 6) is -0.331. The zero-order chi connectivity index (χ0) is 19.2. The van der Waals surface area contributed by atoms with Gasteiger partial charge in [-0.2, -0.15) is 0 Å². The molecular weight excluding hydrogens is 350 g/mol. The number of hydrogen-bond donors (Lipinski definition) is 1. The van der Waals surface area contributed by atoms with E-state index >= 15 is 0 Å². The van der Waals surface area contributed by atoms with Crippen LogP contribution in [0.15, 0.2) is 42.5 Å². The van der Waals surface area contributed by atoms with Crippen molar-refractivity contribution >= 4 is 23.0 Å². The highest BCUT2D eigenvalue weighted by atomic mass is 16.6. The van der Waals surface area contributed by atoms with E-state index in [2.05, 4.69) is 10.2 Å². The fourth-order valence-electron chi connectivity index (χ4n) is 3.03. The molecule has 2 aromatic rings. The van der Waals surface area contributed by atoms with E-state index in [0.29, 0.717) is 30.0 Å². The summed E-state index contributed by atoms with van der Waals surface area (Å²) in [4.78, 5) is 25.5. The van der Waals surface area contributed by atoms with Crippen LogP contribution in [0.3, 0.4) is 0 Å². The van der Waals surface area contributed by atoms with Crippen LogP contribution in [-0.2, 0) is 16.1 Å². The largest absolute Gasteiger partial charge is 0.380 e. The van der Waals surface area contributed by atoms with Gasteiger partial charge in [-0.3, -0.25) is 14.9 Å². The summed E-state index contributed by atoms with van der Waals surface area (Å²) in [6, 6.07) is 11.8. The Kier molecular flexibility index (Phi) is 6.00. The summed E-state index contributed by atoms with van der Waals surface area (Å²) in [7, 11) is 1.45. The standard InChI is InChI=1S/C19H21N3O5/c1-26-13-15-12-14(6-7-17(15)22(24)25)19(23)20-16-4-2-3-5-18(16)21-8-10-27-11-9-21/h2-7,12H,8-11,13H2,1H3,(H,20,23). The van der Waals surface area contributed by atoms with Gasteiger partial charge < -0.3 is 19.7 Å². The average Bonchev–Trinajstić information content (AvgIpc) is 2.69. The lowest BCUT2D eigenvalue weighted by atomic mass is 10.1. The predicted molar refractivity (Wildman–Crippen MR) is 101 cm³/mol. The minimum atomic E-state index is -0.482. The van der Waals surface area contributed by atoms with Crippen LogP contribution in [0.25, 0.3) is 0 Å². The lowest BCUT2D eigenvalue weighted by Crippen LogP contribution is -2.36. The van der Waals surface area contributed by atoms with Crippen molar-refractivity contribution in [1.29, 1.82) is 0 Å². The van der Waals surface area contributed by atoms with E-state index in [1.165, 1.54) is 25.3 Å². The molecule has 1 N–H and O–H groups in total. The van der Waals surface area contributed by atoms with Crippen LogP contribution in [-0.4, -0.2) is 44.2 Å². The zero-order valence-corrected chi connectivity index (χ0v) is 15.0. The van der Waals surface area contributed by atoms with Crippen LogP contribution in [0.2, 0.25) is 0 Å². The lowest BCUT2D eigenvalue weighted by molar-refractivity contribution is -0.385. The first-order valence-corrected chi connectivity index (χ1v) is 8.59. The van der Waals surface area contributed by atoms with Crippen LogP contribution < -0.4 is 10.2 Å². The number of nitro benzene ring substituents is 1. The number of rotatable bonds is 6. The predicted octanol–water partition coefficient (Wildman–Crippen LogP) is 2.83. The van der Waals surface area contributed by atoms with E-state index in [-0.39, 0.29) is 18.2 Å². The molecule has 8 heteroatoms. The summed E-state index contributed by atoms with van der Waals surface area (Å²) >= 11 is 0. The molecule has 1 saturated heterocycles. The number of anilines is 2. The lowest BCUT2D eigenvalue weighted by Gasteiger charge is -2.30. The first-order valence-electron chi connectivity index (χ1n) is 8.59. The molecule has 0 spiro atoms. The van der Waals surface area contributed by atoms with Crippen molar-refractivity contribution in [1.82, 2.24) is 0 Å². The Morgan fingerprint density at radius 1 is 1.26 bits per heavy atom. The topological polar surface area (TPSA) is 93.9 Å². The average molecular weight is 371 g/mol. The molecule has 1 fully saturated rings. The number of nitro groups is 1. The van der Waals surface area contributed by atoms with E-state index in [4.69, 9.17) is 9.47 Å². The highest BCUT2D eigenvalue weighted by Gasteiger charge is 2.19. The van der Waals surface area contributed by atoms with Gasteiger partial charge in [0.15, 0.2) is 0 Å². The van der Waals surface area contributed by atoms with Crippen LogP contribution in [0.4, 0.5) is 17.1 Å². The second-order valence-electron chi connectivity index (χ2n) is 6.10. The third kappa shape index (κ3) is 4.42. The molecule has 0 atom stereocenters. The number of morpholine rings is 1. The van der Waals surface area contributed by atoms with Gasteiger partial charge in [-0.05, 0) is 24.3 Å². The van der Waals surface area contributed by atoms with Gasteiger partial charge in [0.1, 0.15) is 0 Å². The molecule has 2 aromatic carbocycles. The van der Waals surface area contributed by atoms with Gasteiger partial charge in [0, 0.05) is 31.8 Å². The van der Waals surface area contributed by atoms with E-state index in [9.17, 15) is 14.9 Å². The fourth-order valence-corrected chi connectivity index (χ4v) is 3.03. The van der Waals surface area contributed by atoms with Crippen molar-refractivity contribution in [3.8, 4) is 0 Å². The van der Waals surface area contributed by atoms with Gasteiger partial charge in [-0.1, -0.05) is 12.1 Å². The molecule has 8 nitrogen and oxygen atoms in total. The van der Waals surface area contributed by atoms with Crippen LogP contribution in [0.1, 0.15) is 15.9 Å². The summed E-state index contributed by atoms with van der Waals surface area (Å²) in [5, 5.41) is 14.0. The van der Waals surface area contributed by atoms with E-state index in [1.54, 1.807) is 0 Å². The molecule has 0 unspecified atom stereocenters. The summed E-state index contributed by atoms with van der Waals surface area (Å²) in [6.45, 7) is 2.85. The number of amides is 1. The Morgan fingerprint density at radius 2 is 2.00 bits per heavy atom. The molecule has 1 heterocycles. The molecule has 0 aliphatic carbocycles. The third-order valence-electron chi connectivity index (χ3n) is 4.34. The maximum atomic E-state index is 12.7. The highest BCUT2D eigenvalue weighted by molar-refractivity contribution is 6.06. The number of carbonyl (C=O) groups is 1. The maximum absolute atomic E-state index is 12.7. The normalized spacial score (nSPS) is 14.0. The van der Waals surface area contributed by atoms with Gasteiger partial charge >= 0.3 is 0 Å². The number of ether oxygens (including phenoxy) is 2. The summed E-state index contributed by atoms with van der Waals surface area (Å²) in [6.07, 6.45) is 0. The van der Waals surface area contributed by atoms with Crippen molar-refractivity contribution < 1.29 is 19.2 Å². The van der Waals surface area contributed by atoms with Crippen molar-refractivity contribution in [3.05, 3.63) is 63.7 Å². The Bertz CT molecular complexity index is 834. The smallest absolute Gasteiger partial charge is 0.274 e. The summed E-state index contributed by atoms with van der Waals surface area (Å²) < 4.78 is 10.4. The molecule has 27 heavy (non-hydrogen) atoms. The highest BCUT2D eigenvalue weighted by Crippen LogP contribution is 2.27. The first kappa shape index (κ1) is 18.8. The molecule has 0 bridgehead atoms. The maximum Gasteiger partial charge on any atom is 0.274 e. The van der Waals surface area contributed by atoms with Gasteiger partial charge in [0.05, 0.1) is 41.7 Å². The van der Waals surface area contributed by atoms with Gasteiger partial charge in [0.25, 0.3) is 11.6 Å². The molecule has 0 saturated carbocycles. The fraction of sp³-hybridized carbons (Fsp3) is 0.316. The molecule has 1 aliphatic heterocycles. The monoisotopic (exact) mass is 371 g/mol. The molecular formula is C19H21N3O5. The minimum Gasteiger partial charge on any atom is -0.380 e. The summed E-state index contributed by atoms with van der Waals surface area (Å²) in [5.41, 5.74) is 2.24. The minimum absolute atomic E-state index is 0.0573. The molecule has 142 valence electrons. The Balaban J connectivity index is 1.83. The van der Waals surface area contributed by atoms with Crippen molar-refractivity contribution in [2.24, 2.45) is 0 Å². The number of carbonyl (C=O) groups excluding carboxylic acids is 1. The van der Waals surface area contributed by atoms with Crippen LogP contribution in [0.5, 0.6) is 0 Å². The Labute approximate surface area is 156 Å². The SMILES string of the molecule is COCc1cc(C(=O)Nc2ccccc2N2CCOCC2)ccc1[N+](=O)[O-]. The van der Waals surface area contributed by atoms with Crippen LogP contribution >= 0.6 is 0 Å². The number of nitrogens with zero attached hydrogens (tertiary/aromatic N) is 2. The molecule has 0 radical (unpaired) electrons. The van der Waals surface area contributed by atoms with Gasteiger partial charge in [-0.15, -0.1) is 0 Å². The number of benzene rings is 2. The Hall–Kier alpha value is -2.97. The second kappa shape index (κ2) is 8.61. The van der Waals surface area contributed by atoms with Crippen molar-refractivity contribution in [3.63, 3.8) is 0 Å². The third-order valence-corrected chi connectivity index (χ3v) is 4.34. The molecule has 1 amide bonds. The zero-order valence-electron chi connectivity index (χ0n) is 15.0. The van der Waals surface area contributed by atoms with E-state index < -0.39 is 4.92 Å². The van der Waals surface area contributed by atoms with Crippen molar-refractivity contribution in [2.75, 3.05) is 43.6 Å². The van der Waals surface area contributed by atoms with Crippen molar-refractivity contribution in [2.45, 2.75) is 6.61 Å². The number of nitrogens with one attached hydrogen (secondary N) is 1.